The molecule has 6 nitrogen and oxygen atoms in total. The molecule has 21 heavy (non-hydrogen) atoms. The number of para-hydroxylation sites is 1. The van der Waals surface area contributed by atoms with Crippen LogP contribution in [0.1, 0.15) is 22.5 Å². The number of nitriles is 1. The lowest BCUT2D eigenvalue weighted by atomic mass is 10.0. The zero-order chi connectivity index (χ0) is 14.8. The lowest BCUT2D eigenvalue weighted by molar-refractivity contribution is 0.0785. The van der Waals surface area contributed by atoms with Gasteiger partial charge in [-0.25, -0.2) is 0 Å². The Balaban J connectivity index is 1.93. The molecule has 0 bridgehead atoms. The van der Waals surface area contributed by atoms with Crippen molar-refractivity contribution in [2.24, 2.45) is 0 Å². The van der Waals surface area contributed by atoms with Gasteiger partial charge in [-0.1, -0.05) is 17.3 Å². The summed E-state index contributed by atoms with van der Waals surface area (Å²) in [7, 11) is 1.64. The fourth-order valence-corrected chi connectivity index (χ4v) is 2.25. The summed E-state index contributed by atoms with van der Waals surface area (Å²) in [4.78, 5) is 13.8. The van der Waals surface area contributed by atoms with E-state index >= 15 is 0 Å². The van der Waals surface area contributed by atoms with Gasteiger partial charge in [0.25, 0.3) is 5.91 Å². The Hall–Kier alpha value is -2.81. The number of nitrogens with zero attached hydrogens (tertiary/aromatic N) is 3. The molecule has 106 valence electrons. The summed E-state index contributed by atoms with van der Waals surface area (Å²) < 4.78 is 11.0. The van der Waals surface area contributed by atoms with Crippen LogP contribution in [0.4, 0.5) is 0 Å². The van der Waals surface area contributed by atoms with Crippen LogP contribution in [0.2, 0.25) is 0 Å². The van der Waals surface area contributed by atoms with Gasteiger partial charge in [0, 0.05) is 13.6 Å². The number of rotatable bonds is 3. The van der Waals surface area contributed by atoms with E-state index in [1.54, 1.807) is 7.05 Å². The number of benzene rings is 1. The Morgan fingerprint density at radius 1 is 1.48 bits per heavy atom. The van der Waals surface area contributed by atoms with Crippen molar-refractivity contribution >= 4 is 5.91 Å². The molecule has 6 heteroatoms. The molecule has 1 aromatic carbocycles. The summed E-state index contributed by atoms with van der Waals surface area (Å²) in [6, 6.07) is 9.48. The standard InChI is InChI=1S/C15H13N3O3/c1-18(8-4-7-16)15(19)13-11-9-20-12-6-3-2-5-10(12)14(11)21-17-13/h2-3,5-6H,4,8-9H2,1H3. The number of hydrogen-bond acceptors (Lipinski definition) is 5. The number of carbonyl (C=O) groups excluding carboxylic acids is 1. The third-order valence-corrected chi connectivity index (χ3v) is 3.40. The highest BCUT2D eigenvalue weighted by atomic mass is 16.5. The van der Waals surface area contributed by atoms with Gasteiger partial charge in [-0.15, -0.1) is 0 Å². The first-order valence-electron chi connectivity index (χ1n) is 6.55. The number of ether oxygens (including phenoxy) is 1. The molecular formula is C15H13N3O3. The molecule has 0 N–H and O–H groups in total. The van der Waals surface area contributed by atoms with E-state index in [0.29, 0.717) is 17.9 Å². The van der Waals surface area contributed by atoms with Crippen molar-refractivity contribution in [2.45, 2.75) is 13.0 Å². The molecule has 0 fully saturated rings. The van der Waals surface area contributed by atoms with Crippen LogP contribution in [0.3, 0.4) is 0 Å². The Morgan fingerprint density at radius 3 is 3.10 bits per heavy atom. The van der Waals surface area contributed by atoms with Crippen LogP contribution >= 0.6 is 0 Å². The monoisotopic (exact) mass is 283 g/mol. The first-order valence-corrected chi connectivity index (χ1v) is 6.55. The van der Waals surface area contributed by atoms with Crippen LogP contribution in [-0.4, -0.2) is 29.6 Å². The summed E-state index contributed by atoms with van der Waals surface area (Å²) in [5.74, 6) is 1.03. The summed E-state index contributed by atoms with van der Waals surface area (Å²) in [6.45, 7) is 0.609. The molecule has 1 amide bonds. The van der Waals surface area contributed by atoms with E-state index in [-0.39, 0.29) is 24.6 Å². The molecular weight excluding hydrogens is 270 g/mol. The van der Waals surface area contributed by atoms with E-state index in [2.05, 4.69) is 5.16 Å². The average molecular weight is 283 g/mol. The third kappa shape index (κ3) is 2.23. The molecule has 2 heterocycles. The maximum absolute atomic E-state index is 12.3. The zero-order valence-electron chi connectivity index (χ0n) is 11.5. The molecule has 2 aromatic rings. The topological polar surface area (TPSA) is 79.4 Å². The molecule has 0 atom stereocenters. The minimum absolute atomic E-state index is 0.250. The SMILES string of the molecule is CN(CCC#N)C(=O)c1noc2c1COc1ccccc1-2. The van der Waals surface area contributed by atoms with Gasteiger partial charge in [0.2, 0.25) is 0 Å². The van der Waals surface area contributed by atoms with Crippen molar-refractivity contribution < 1.29 is 14.1 Å². The van der Waals surface area contributed by atoms with Gasteiger partial charge in [0.15, 0.2) is 11.5 Å². The van der Waals surface area contributed by atoms with E-state index in [0.717, 1.165) is 11.3 Å². The molecule has 0 radical (unpaired) electrons. The van der Waals surface area contributed by atoms with Crippen LogP contribution in [-0.2, 0) is 6.61 Å². The zero-order valence-corrected chi connectivity index (χ0v) is 11.5. The summed E-state index contributed by atoms with van der Waals surface area (Å²) in [5, 5.41) is 12.5. The Labute approximate surface area is 121 Å². The fourth-order valence-electron chi connectivity index (χ4n) is 2.25. The predicted molar refractivity (Wildman–Crippen MR) is 73.5 cm³/mol. The Kier molecular flexibility index (Phi) is 3.32. The number of aromatic nitrogens is 1. The summed E-state index contributed by atoms with van der Waals surface area (Å²) >= 11 is 0. The van der Waals surface area contributed by atoms with Gasteiger partial charge in [0.1, 0.15) is 12.4 Å². The predicted octanol–water partition coefficient (Wildman–Crippen LogP) is 2.22. The van der Waals surface area contributed by atoms with Crippen LogP contribution < -0.4 is 4.74 Å². The molecule has 0 spiro atoms. The van der Waals surface area contributed by atoms with Gasteiger partial charge < -0.3 is 14.2 Å². The van der Waals surface area contributed by atoms with E-state index in [1.165, 1.54) is 4.90 Å². The van der Waals surface area contributed by atoms with Crippen molar-refractivity contribution in [3.8, 4) is 23.1 Å². The molecule has 0 aliphatic carbocycles. The van der Waals surface area contributed by atoms with Gasteiger partial charge in [-0.3, -0.25) is 4.79 Å². The lowest BCUT2D eigenvalue weighted by Gasteiger charge is -2.17. The van der Waals surface area contributed by atoms with E-state index in [1.807, 2.05) is 30.3 Å². The first kappa shape index (κ1) is 13.2. The maximum atomic E-state index is 12.3. The van der Waals surface area contributed by atoms with Crippen molar-refractivity contribution in [3.05, 3.63) is 35.5 Å². The number of carbonyl (C=O) groups is 1. The molecule has 1 aliphatic rings. The minimum Gasteiger partial charge on any atom is -0.488 e. The quantitative estimate of drug-likeness (QED) is 0.862. The first-order chi connectivity index (χ1) is 10.2. The molecule has 0 unspecified atom stereocenters. The second-order valence-corrected chi connectivity index (χ2v) is 4.76. The van der Waals surface area contributed by atoms with Crippen LogP contribution in [0, 0.1) is 11.3 Å². The van der Waals surface area contributed by atoms with Crippen molar-refractivity contribution in [1.82, 2.24) is 10.1 Å². The molecule has 0 saturated carbocycles. The second kappa shape index (κ2) is 5.29. The molecule has 1 aromatic heterocycles. The maximum Gasteiger partial charge on any atom is 0.276 e. The Bertz CT molecular complexity index is 730. The normalized spacial score (nSPS) is 11.8. The van der Waals surface area contributed by atoms with Crippen molar-refractivity contribution in [2.75, 3.05) is 13.6 Å². The number of fused-ring (bicyclic) bond motifs is 3. The van der Waals surface area contributed by atoms with Crippen LogP contribution in [0.5, 0.6) is 5.75 Å². The number of hydrogen-bond donors (Lipinski definition) is 0. The average Bonchev–Trinajstić information content (AvgIpc) is 2.96. The molecule has 1 aliphatic heterocycles. The van der Waals surface area contributed by atoms with Gasteiger partial charge in [-0.2, -0.15) is 5.26 Å². The molecule has 0 saturated heterocycles. The fraction of sp³-hybridized carbons (Fsp3) is 0.267. The smallest absolute Gasteiger partial charge is 0.276 e. The largest absolute Gasteiger partial charge is 0.488 e. The summed E-state index contributed by atoms with van der Waals surface area (Å²) in [5.41, 5.74) is 1.70. The van der Waals surface area contributed by atoms with E-state index in [4.69, 9.17) is 14.5 Å². The van der Waals surface area contributed by atoms with Crippen LogP contribution in [0.15, 0.2) is 28.8 Å². The third-order valence-electron chi connectivity index (χ3n) is 3.40. The van der Waals surface area contributed by atoms with Gasteiger partial charge >= 0.3 is 0 Å². The highest BCUT2D eigenvalue weighted by molar-refractivity contribution is 5.95. The van der Waals surface area contributed by atoms with Gasteiger partial charge in [0.05, 0.1) is 23.6 Å². The molecule has 3 rings (SSSR count). The van der Waals surface area contributed by atoms with Crippen molar-refractivity contribution in [1.29, 1.82) is 5.26 Å². The van der Waals surface area contributed by atoms with Gasteiger partial charge in [-0.05, 0) is 12.1 Å². The van der Waals surface area contributed by atoms with E-state index in [9.17, 15) is 4.79 Å². The lowest BCUT2D eigenvalue weighted by Crippen LogP contribution is -2.29. The van der Waals surface area contributed by atoms with Crippen molar-refractivity contribution in [3.63, 3.8) is 0 Å². The highest BCUT2D eigenvalue weighted by Gasteiger charge is 2.29. The highest BCUT2D eigenvalue weighted by Crippen LogP contribution is 2.38. The second-order valence-electron chi connectivity index (χ2n) is 4.76. The minimum atomic E-state index is -0.266. The Morgan fingerprint density at radius 2 is 2.29 bits per heavy atom. The van der Waals surface area contributed by atoms with E-state index < -0.39 is 0 Å². The summed E-state index contributed by atoms with van der Waals surface area (Å²) in [6.07, 6.45) is 0.279. The number of amides is 1. The van der Waals surface area contributed by atoms with Crippen LogP contribution in [0.25, 0.3) is 11.3 Å².